The predicted octanol–water partition coefficient (Wildman–Crippen LogP) is 4.46. The largest absolute Gasteiger partial charge is 0.456 e. The first kappa shape index (κ1) is 21.4. The number of nitrogens with two attached hydrogens (primary N) is 1. The van der Waals surface area contributed by atoms with Gasteiger partial charge < -0.3 is 20.3 Å². The minimum atomic E-state index is -0.285. The summed E-state index contributed by atoms with van der Waals surface area (Å²) in [6.07, 6.45) is 6.47. The Bertz CT molecular complexity index is 986. The summed E-state index contributed by atoms with van der Waals surface area (Å²) < 4.78 is 19.8. The van der Waals surface area contributed by atoms with E-state index in [0.717, 1.165) is 60.5 Å². The molecule has 0 aromatic heterocycles. The fourth-order valence-corrected chi connectivity index (χ4v) is 4.36. The number of nitrogens with zero attached hydrogens (tertiary/aromatic N) is 3. The third-order valence-electron chi connectivity index (χ3n) is 6.40. The Morgan fingerprint density at radius 3 is 2.61 bits per heavy atom. The van der Waals surface area contributed by atoms with Crippen LogP contribution in [-0.4, -0.2) is 50.4 Å². The van der Waals surface area contributed by atoms with Crippen LogP contribution in [-0.2, 0) is 6.42 Å². The maximum absolute atomic E-state index is 13.4. The van der Waals surface area contributed by atoms with Crippen LogP contribution in [0.2, 0.25) is 0 Å². The Balaban J connectivity index is 1.73. The van der Waals surface area contributed by atoms with Crippen LogP contribution in [0.3, 0.4) is 0 Å². The van der Waals surface area contributed by atoms with Crippen molar-refractivity contribution in [1.82, 2.24) is 4.90 Å². The summed E-state index contributed by atoms with van der Waals surface area (Å²) in [5.41, 5.74) is 10.1. The lowest BCUT2D eigenvalue weighted by Gasteiger charge is -2.35. The van der Waals surface area contributed by atoms with Gasteiger partial charge >= 0.3 is 0 Å². The van der Waals surface area contributed by atoms with Crippen LogP contribution in [0, 0.1) is 5.82 Å². The van der Waals surface area contributed by atoms with Crippen molar-refractivity contribution in [3.8, 4) is 11.5 Å². The van der Waals surface area contributed by atoms with Gasteiger partial charge in [-0.15, -0.1) is 0 Å². The monoisotopic (exact) mass is 422 g/mol. The molecule has 2 heterocycles. The average molecular weight is 423 g/mol. The highest BCUT2D eigenvalue weighted by Gasteiger charge is 2.26. The molecule has 2 aliphatic rings. The molecule has 31 heavy (non-hydrogen) atoms. The van der Waals surface area contributed by atoms with Gasteiger partial charge in [-0.05, 0) is 76.2 Å². The maximum Gasteiger partial charge on any atom is 0.140 e. The molecule has 0 amide bonds. The van der Waals surface area contributed by atoms with Crippen molar-refractivity contribution in [2.75, 3.05) is 32.1 Å². The van der Waals surface area contributed by atoms with E-state index in [-0.39, 0.29) is 11.9 Å². The first-order chi connectivity index (χ1) is 15.0. The highest BCUT2D eigenvalue weighted by molar-refractivity contribution is 6.11. The van der Waals surface area contributed by atoms with Gasteiger partial charge in [-0.25, -0.2) is 4.39 Å². The van der Waals surface area contributed by atoms with Gasteiger partial charge in [0.25, 0.3) is 0 Å². The van der Waals surface area contributed by atoms with E-state index in [4.69, 9.17) is 15.5 Å². The number of allylic oxidation sites excluding steroid dienone is 1. The molecule has 4 rings (SSSR count). The molecule has 2 aliphatic heterocycles. The molecule has 5 nitrogen and oxygen atoms in total. The van der Waals surface area contributed by atoms with E-state index in [2.05, 4.69) is 43.0 Å². The normalized spacial score (nSPS) is 22.2. The Morgan fingerprint density at radius 1 is 1.16 bits per heavy atom. The number of likely N-dealkylation sites (tertiary alicyclic amines) is 1. The Hall–Kier alpha value is -2.86. The molecule has 2 N–H and O–H groups in total. The van der Waals surface area contributed by atoms with Crippen molar-refractivity contribution in [2.24, 2.45) is 10.7 Å². The van der Waals surface area contributed by atoms with E-state index in [1.165, 1.54) is 12.1 Å². The second-order valence-electron chi connectivity index (χ2n) is 8.60. The van der Waals surface area contributed by atoms with Crippen molar-refractivity contribution in [1.29, 1.82) is 0 Å². The van der Waals surface area contributed by atoms with Crippen LogP contribution in [0.25, 0.3) is 5.57 Å². The van der Waals surface area contributed by atoms with Gasteiger partial charge in [0, 0.05) is 54.4 Å². The molecule has 2 atom stereocenters. The number of likely N-dealkylation sites (N-methyl/N-ethyl adjacent to an activating group) is 1. The standard InChI is InChI=1S/C25H31FN4O/c1-17-4-9-23-24(30(17)3)11-10-22(25(23)31-21-7-5-19(26)6-8-21)18(14-27)15-28-20-12-13-29(2)16-20/h5-8,10-11,14-15,17,20H,4,9,12-13,16,27H2,1-3H3. The molecule has 6 heteroatoms. The molecular formula is C25H31FN4O. The second-order valence-corrected chi connectivity index (χ2v) is 8.60. The molecule has 1 saturated heterocycles. The fourth-order valence-electron chi connectivity index (χ4n) is 4.36. The molecule has 0 aliphatic carbocycles. The van der Waals surface area contributed by atoms with Crippen LogP contribution >= 0.6 is 0 Å². The zero-order chi connectivity index (χ0) is 22.0. The average Bonchev–Trinajstić information content (AvgIpc) is 3.19. The van der Waals surface area contributed by atoms with Gasteiger partial charge in [0.15, 0.2) is 0 Å². The summed E-state index contributed by atoms with van der Waals surface area (Å²) in [5, 5.41) is 0. The lowest BCUT2D eigenvalue weighted by atomic mass is 9.92. The number of anilines is 1. The predicted molar refractivity (Wildman–Crippen MR) is 126 cm³/mol. The number of fused-ring (bicyclic) bond motifs is 1. The lowest BCUT2D eigenvalue weighted by Crippen LogP contribution is -2.33. The van der Waals surface area contributed by atoms with Gasteiger partial charge in [0.2, 0.25) is 0 Å². The number of ether oxygens (including phenoxy) is 1. The van der Waals surface area contributed by atoms with Gasteiger partial charge in [-0.3, -0.25) is 4.99 Å². The first-order valence-electron chi connectivity index (χ1n) is 10.9. The van der Waals surface area contributed by atoms with E-state index < -0.39 is 0 Å². The van der Waals surface area contributed by atoms with Gasteiger partial charge in [0.05, 0.1) is 6.04 Å². The topological polar surface area (TPSA) is 54.1 Å². The summed E-state index contributed by atoms with van der Waals surface area (Å²) in [6, 6.07) is 11.1. The minimum absolute atomic E-state index is 0.283. The summed E-state index contributed by atoms with van der Waals surface area (Å²) in [5.74, 6) is 1.09. The summed E-state index contributed by atoms with van der Waals surface area (Å²) in [7, 11) is 4.23. The van der Waals surface area contributed by atoms with Crippen molar-refractivity contribution < 1.29 is 9.13 Å². The summed E-state index contributed by atoms with van der Waals surface area (Å²) in [6.45, 7) is 4.25. The van der Waals surface area contributed by atoms with Crippen LogP contribution in [0.5, 0.6) is 11.5 Å². The van der Waals surface area contributed by atoms with Crippen molar-refractivity contribution in [3.63, 3.8) is 0 Å². The Labute approximate surface area is 184 Å². The van der Waals surface area contributed by atoms with E-state index in [1.807, 2.05) is 6.21 Å². The van der Waals surface area contributed by atoms with Crippen molar-refractivity contribution >= 4 is 17.5 Å². The maximum atomic E-state index is 13.4. The van der Waals surface area contributed by atoms with Crippen molar-refractivity contribution in [3.05, 3.63) is 59.5 Å². The first-order valence-corrected chi connectivity index (χ1v) is 10.9. The van der Waals surface area contributed by atoms with Crippen LogP contribution in [0.15, 0.2) is 47.6 Å². The third kappa shape index (κ3) is 4.59. The molecule has 0 radical (unpaired) electrons. The molecule has 2 aromatic carbocycles. The van der Waals surface area contributed by atoms with Gasteiger partial charge in [-0.2, -0.15) is 0 Å². The van der Waals surface area contributed by atoms with Crippen LogP contribution in [0.4, 0.5) is 10.1 Å². The molecule has 0 bridgehead atoms. The summed E-state index contributed by atoms with van der Waals surface area (Å²) in [4.78, 5) is 9.36. The number of hydrogen-bond acceptors (Lipinski definition) is 5. The number of aliphatic imine (C=N–C) groups is 1. The highest BCUT2D eigenvalue weighted by atomic mass is 19.1. The molecule has 0 spiro atoms. The number of benzene rings is 2. The molecule has 164 valence electrons. The van der Waals surface area contributed by atoms with Crippen molar-refractivity contribution in [2.45, 2.75) is 38.3 Å². The van der Waals surface area contributed by atoms with E-state index in [9.17, 15) is 4.39 Å². The zero-order valence-electron chi connectivity index (χ0n) is 18.5. The second kappa shape index (κ2) is 9.10. The van der Waals surface area contributed by atoms with Crippen LogP contribution in [0.1, 0.15) is 30.9 Å². The van der Waals surface area contributed by atoms with E-state index in [0.29, 0.717) is 11.8 Å². The van der Waals surface area contributed by atoms with Gasteiger partial charge in [-0.1, -0.05) is 0 Å². The zero-order valence-corrected chi connectivity index (χ0v) is 18.5. The Morgan fingerprint density at radius 2 is 1.94 bits per heavy atom. The van der Waals surface area contributed by atoms with E-state index >= 15 is 0 Å². The summed E-state index contributed by atoms with van der Waals surface area (Å²) >= 11 is 0. The number of halogens is 1. The van der Waals surface area contributed by atoms with Gasteiger partial charge in [0.1, 0.15) is 17.3 Å². The molecule has 1 fully saturated rings. The molecular weight excluding hydrogens is 391 g/mol. The highest BCUT2D eigenvalue weighted by Crippen LogP contribution is 2.42. The molecule has 2 aromatic rings. The number of hydrogen-bond donors (Lipinski definition) is 1. The smallest absolute Gasteiger partial charge is 0.140 e. The minimum Gasteiger partial charge on any atom is -0.456 e. The lowest BCUT2D eigenvalue weighted by molar-refractivity contribution is 0.412. The van der Waals surface area contributed by atoms with E-state index in [1.54, 1.807) is 18.3 Å². The SMILES string of the molecule is CC1CCc2c(ccc(C(C=NC3CCN(C)C3)=CN)c2Oc2ccc(F)cc2)N1C. The number of rotatable bonds is 5. The third-order valence-corrected chi connectivity index (χ3v) is 6.40. The van der Waals surface area contributed by atoms with Crippen LogP contribution < -0.4 is 15.4 Å². The molecule has 2 unspecified atom stereocenters. The quantitative estimate of drug-likeness (QED) is 0.723. The molecule has 0 saturated carbocycles. The fraction of sp³-hybridized carbons (Fsp3) is 0.400. The Kier molecular flexibility index (Phi) is 6.28.